The molecule has 17 heavy (non-hydrogen) atoms. The Hall–Kier alpha value is -0.541. The van der Waals surface area contributed by atoms with E-state index in [-0.39, 0.29) is 0 Å². The Balaban J connectivity index is 2.52. The van der Waals surface area contributed by atoms with Crippen molar-refractivity contribution in [3.8, 4) is 6.07 Å². The third-order valence-electron chi connectivity index (χ3n) is 2.79. The molecule has 0 aromatic heterocycles. The van der Waals surface area contributed by atoms with Crippen LogP contribution in [0.1, 0.15) is 0 Å². The summed E-state index contributed by atoms with van der Waals surface area (Å²) in [6, 6.07) is 23.4. The third kappa shape index (κ3) is 2.83. The van der Waals surface area contributed by atoms with Crippen LogP contribution in [-0.4, -0.2) is 14.4 Å². The Kier molecular flexibility index (Phi) is 4.46. The van der Waals surface area contributed by atoms with Crippen molar-refractivity contribution in [2.45, 2.75) is 4.44 Å². The Morgan fingerprint density at radius 3 is 1.65 bits per heavy atom. The van der Waals surface area contributed by atoms with E-state index in [2.05, 4.69) is 73.2 Å². The van der Waals surface area contributed by atoms with Gasteiger partial charge in [0.15, 0.2) is 0 Å². The molecule has 0 N–H and O–H groups in total. The molecule has 0 amide bonds. The van der Waals surface area contributed by atoms with Crippen molar-refractivity contribution in [1.29, 1.82) is 5.26 Å². The summed E-state index contributed by atoms with van der Waals surface area (Å²) in [6.45, 7) is 0. The third-order valence-corrected chi connectivity index (χ3v) is 22.7. The second-order valence-electron chi connectivity index (χ2n) is 3.87. The first-order valence-electron chi connectivity index (χ1n) is 5.44. The van der Waals surface area contributed by atoms with Gasteiger partial charge in [-0.1, -0.05) is 0 Å². The summed E-state index contributed by atoms with van der Waals surface area (Å²) in [4.78, 5) is 0. The predicted octanol–water partition coefficient (Wildman–Crippen LogP) is 2.70. The SMILES string of the molecule is N#C[CH2][Sn]([I])([c]1ccccc1)[c]1ccccc1. The second kappa shape index (κ2) is 5.87. The molecule has 0 radical (unpaired) electrons. The van der Waals surface area contributed by atoms with Crippen LogP contribution in [0.3, 0.4) is 0 Å². The van der Waals surface area contributed by atoms with Crippen molar-refractivity contribution in [3.63, 3.8) is 0 Å². The van der Waals surface area contributed by atoms with Crippen molar-refractivity contribution in [2.75, 3.05) is 0 Å². The van der Waals surface area contributed by atoms with Crippen molar-refractivity contribution in [3.05, 3.63) is 60.7 Å². The molecule has 2 aromatic rings. The first-order valence-corrected chi connectivity index (χ1v) is 18.6. The zero-order valence-electron chi connectivity index (χ0n) is 9.31. The maximum absolute atomic E-state index is 9.12. The van der Waals surface area contributed by atoms with Crippen molar-refractivity contribution < 1.29 is 0 Å². The molecule has 0 aliphatic heterocycles. The van der Waals surface area contributed by atoms with Crippen LogP contribution in [0, 0.1) is 11.3 Å². The number of nitrogens with zero attached hydrogens (tertiary/aromatic N) is 1. The number of rotatable bonds is 3. The van der Waals surface area contributed by atoms with Gasteiger partial charge in [0.2, 0.25) is 0 Å². The first kappa shape index (κ1) is 12.9. The molecule has 0 atom stereocenters. The van der Waals surface area contributed by atoms with Gasteiger partial charge in [0.25, 0.3) is 0 Å². The monoisotopic (exact) mass is 441 g/mol. The van der Waals surface area contributed by atoms with E-state index in [0.717, 1.165) is 0 Å². The van der Waals surface area contributed by atoms with E-state index >= 15 is 0 Å². The van der Waals surface area contributed by atoms with Gasteiger partial charge in [-0.2, -0.15) is 0 Å². The van der Waals surface area contributed by atoms with Crippen molar-refractivity contribution >= 4 is 40.2 Å². The van der Waals surface area contributed by atoms with Gasteiger partial charge in [0.1, 0.15) is 0 Å². The molecule has 84 valence electrons. The molecule has 3 heteroatoms. The van der Waals surface area contributed by atoms with Crippen LogP contribution in [0.15, 0.2) is 60.7 Å². The van der Waals surface area contributed by atoms with Crippen molar-refractivity contribution in [2.24, 2.45) is 0 Å². The summed E-state index contributed by atoms with van der Waals surface area (Å²) >= 11 is -0.137. The van der Waals surface area contributed by atoms with Gasteiger partial charge in [-0.3, -0.25) is 0 Å². The van der Waals surface area contributed by atoms with E-state index in [1.54, 1.807) is 0 Å². The van der Waals surface area contributed by atoms with E-state index in [4.69, 9.17) is 5.26 Å². The van der Waals surface area contributed by atoms with Gasteiger partial charge in [-0.25, -0.2) is 0 Å². The Labute approximate surface area is 116 Å². The van der Waals surface area contributed by atoms with Gasteiger partial charge in [0.05, 0.1) is 0 Å². The molecule has 0 aliphatic rings. The van der Waals surface area contributed by atoms with Crippen LogP contribution in [-0.2, 0) is 0 Å². The zero-order valence-corrected chi connectivity index (χ0v) is 14.3. The second-order valence-corrected chi connectivity index (χ2v) is 25.1. The van der Waals surface area contributed by atoms with Gasteiger partial charge < -0.3 is 0 Å². The van der Waals surface area contributed by atoms with Crippen molar-refractivity contribution in [1.82, 2.24) is 0 Å². The van der Waals surface area contributed by atoms with Crippen LogP contribution in [0.4, 0.5) is 0 Å². The summed E-state index contributed by atoms with van der Waals surface area (Å²) in [6.07, 6.45) is 0. The molecule has 0 saturated heterocycles. The molecule has 0 bridgehead atoms. The number of nitriles is 1. The number of halogens is 1. The number of hydrogen-bond acceptors (Lipinski definition) is 1. The van der Waals surface area contributed by atoms with E-state index in [1.807, 2.05) is 12.1 Å². The standard InChI is InChI=1S/2C6H5.C2H2N.HI.Sn/c2*1-2-4-6-5-3-1;1-2-3;;/h2*1-5H;1H2;1H;/q;;;;+1/p-1. The minimum absolute atomic E-state index is 0.684. The Morgan fingerprint density at radius 2 is 1.29 bits per heavy atom. The predicted molar refractivity (Wildman–Crippen MR) is 82.3 cm³/mol. The van der Waals surface area contributed by atoms with Crippen LogP contribution < -0.4 is 7.16 Å². The Bertz CT molecular complexity index is 479. The molecule has 0 spiro atoms. The average Bonchev–Trinajstić information content (AvgIpc) is 2.41. The Morgan fingerprint density at radius 1 is 0.882 bits per heavy atom. The minimum atomic E-state index is -2.73. The summed E-state index contributed by atoms with van der Waals surface area (Å²) in [5, 5.41) is 9.12. The first-order chi connectivity index (χ1) is 8.27. The van der Waals surface area contributed by atoms with Crippen LogP contribution >= 0.6 is 18.6 Å². The fourth-order valence-corrected chi connectivity index (χ4v) is 14.7. The molecule has 2 rings (SSSR count). The molecule has 0 fully saturated rings. The van der Waals surface area contributed by atoms with Crippen LogP contribution in [0.2, 0.25) is 4.44 Å². The van der Waals surface area contributed by atoms with Gasteiger partial charge in [-0.05, 0) is 0 Å². The fourth-order valence-electron chi connectivity index (χ4n) is 1.88. The van der Waals surface area contributed by atoms with Gasteiger partial charge >= 0.3 is 117 Å². The van der Waals surface area contributed by atoms with E-state index < -0.39 is 14.4 Å². The molecule has 0 heterocycles. The summed E-state index contributed by atoms with van der Waals surface area (Å²) in [5.41, 5.74) is 0. The molecular formula is C14H12INSn. The van der Waals surface area contributed by atoms with Gasteiger partial charge in [0, 0.05) is 0 Å². The normalized spacial score (nSPS) is 10.8. The number of benzene rings is 2. The van der Waals surface area contributed by atoms with Gasteiger partial charge in [-0.15, -0.1) is 0 Å². The van der Waals surface area contributed by atoms with E-state index in [9.17, 15) is 0 Å². The molecule has 2 aromatic carbocycles. The number of hydrogen-bond donors (Lipinski definition) is 0. The fraction of sp³-hybridized carbons (Fsp3) is 0.0714. The maximum atomic E-state index is 9.12. The van der Waals surface area contributed by atoms with E-state index in [0.29, 0.717) is 4.44 Å². The van der Waals surface area contributed by atoms with Crippen LogP contribution in [0.25, 0.3) is 0 Å². The summed E-state index contributed by atoms with van der Waals surface area (Å²) < 4.78 is 3.45. The topological polar surface area (TPSA) is 23.8 Å². The zero-order chi connectivity index (χ0) is 12.1. The molecule has 0 unspecified atom stereocenters. The summed E-state index contributed by atoms with van der Waals surface area (Å²) in [5.74, 6) is 0. The molecule has 0 saturated carbocycles. The molecule has 1 nitrogen and oxygen atoms in total. The molecule has 0 aliphatic carbocycles. The van der Waals surface area contributed by atoms with E-state index in [1.165, 1.54) is 7.16 Å². The quantitative estimate of drug-likeness (QED) is 0.533. The average molecular weight is 440 g/mol. The molecular weight excluding hydrogens is 428 g/mol. The van der Waals surface area contributed by atoms with Crippen LogP contribution in [0.5, 0.6) is 0 Å². The summed E-state index contributed by atoms with van der Waals surface area (Å²) in [7, 11) is 0.